The number of hydrogen-bond acceptors (Lipinski definition) is 5. The fourth-order valence-corrected chi connectivity index (χ4v) is 3.14. The van der Waals surface area contributed by atoms with Crippen LogP contribution < -0.4 is 5.32 Å². The van der Waals surface area contributed by atoms with Crippen LogP contribution in [-0.4, -0.2) is 33.4 Å². The summed E-state index contributed by atoms with van der Waals surface area (Å²) < 4.78 is 18.5. The highest BCUT2D eigenvalue weighted by Crippen LogP contribution is 2.37. The molecule has 0 aliphatic carbocycles. The second-order valence-corrected chi connectivity index (χ2v) is 9.29. The summed E-state index contributed by atoms with van der Waals surface area (Å²) in [6.07, 6.45) is -0.682. The van der Waals surface area contributed by atoms with Crippen LogP contribution >= 0.6 is 11.6 Å². The Morgan fingerprint density at radius 3 is 2.20 bits per heavy atom. The lowest BCUT2D eigenvalue weighted by molar-refractivity contribution is 0.0292. The van der Waals surface area contributed by atoms with Crippen LogP contribution in [0.3, 0.4) is 0 Å². The first-order valence-corrected chi connectivity index (χ1v) is 9.87. The van der Waals surface area contributed by atoms with Crippen molar-refractivity contribution in [1.29, 1.82) is 0 Å². The van der Waals surface area contributed by atoms with Gasteiger partial charge in [0.2, 0.25) is 0 Å². The number of nitrogens with one attached hydrogen (secondary N) is 1. The fourth-order valence-electron chi connectivity index (χ4n) is 2.70. The van der Waals surface area contributed by atoms with Crippen molar-refractivity contribution in [2.75, 3.05) is 6.54 Å². The zero-order chi connectivity index (χ0) is 22.9. The topological polar surface area (TPSA) is 91.7 Å². The van der Waals surface area contributed by atoms with Crippen LogP contribution in [0.15, 0.2) is 30.3 Å². The molecular weight excluding hydrogens is 411 g/mol. The third-order valence-electron chi connectivity index (χ3n) is 4.26. The molecule has 0 bridgehead atoms. The van der Waals surface area contributed by atoms with Gasteiger partial charge in [-0.2, -0.15) is 0 Å². The van der Waals surface area contributed by atoms with Crippen molar-refractivity contribution in [2.24, 2.45) is 0 Å². The molecule has 1 unspecified atom stereocenters. The van der Waals surface area contributed by atoms with Gasteiger partial charge in [0.05, 0.1) is 28.6 Å². The maximum Gasteiger partial charge on any atom is 0.407 e. The van der Waals surface area contributed by atoms with Gasteiger partial charge in [-0.25, -0.2) is 14.2 Å². The van der Waals surface area contributed by atoms with Crippen LogP contribution in [-0.2, 0) is 15.9 Å². The number of hydrogen-bond donors (Lipinski definition) is 3. The molecule has 2 aromatic rings. The number of alkyl carbamates (subject to hydrolysis) is 1. The van der Waals surface area contributed by atoms with Gasteiger partial charge < -0.3 is 20.3 Å². The van der Waals surface area contributed by atoms with E-state index in [1.807, 2.05) is 0 Å². The predicted molar refractivity (Wildman–Crippen MR) is 114 cm³/mol. The molecule has 1 heterocycles. The number of aromatic nitrogens is 1. The maximum atomic E-state index is 13.3. The summed E-state index contributed by atoms with van der Waals surface area (Å²) in [7, 11) is 0. The zero-order valence-corrected chi connectivity index (χ0v) is 18.8. The molecule has 1 amide bonds. The van der Waals surface area contributed by atoms with Gasteiger partial charge in [-0.1, -0.05) is 11.6 Å². The number of aliphatic hydroxyl groups is 2. The van der Waals surface area contributed by atoms with Crippen LogP contribution in [0.4, 0.5) is 9.18 Å². The lowest BCUT2D eigenvalue weighted by Crippen LogP contribution is -2.41. The number of nitrogens with zero attached hydrogens (tertiary/aromatic N) is 1. The Balaban J connectivity index is 2.47. The second-order valence-electron chi connectivity index (χ2n) is 8.91. The van der Waals surface area contributed by atoms with Crippen LogP contribution in [0.25, 0.3) is 11.3 Å². The van der Waals surface area contributed by atoms with Gasteiger partial charge in [0.1, 0.15) is 17.0 Å². The number of rotatable bonds is 5. The van der Waals surface area contributed by atoms with E-state index >= 15 is 0 Å². The molecule has 1 atom stereocenters. The second kappa shape index (κ2) is 8.49. The third kappa shape index (κ3) is 6.14. The van der Waals surface area contributed by atoms with Crippen LogP contribution in [0.1, 0.15) is 52.8 Å². The molecule has 1 aromatic heterocycles. The first-order valence-electron chi connectivity index (χ1n) is 9.49. The maximum absolute atomic E-state index is 13.3. The van der Waals surface area contributed by atoms with E-state index in [2.05, 4.69) is 10.3 Å². The highest BCUT2D eigenvalue weighted by atomic mass is 35.5. The van der Waals surface area contributed by atoms with Crippen molar-refractivity contribution in [3.8, 4) is 11.3 Å². The number of carbonyl (C=O) groups excluding carboxylic acids is 1. The van der Waals surface area contributed by atoms with Crippen LogP contribution in [0.5, 0.6) is 0 Å². The minimum absolute atomic E-state index is 0.180. The number of pyridine rings is 1. The quantitative estimate of drug-likeness (QED) is 0.639. The number of benzene rings is 1. The molecule has 0 fully saturated rings. The minimum atomic E-state index is -1.60. The Morgan fingerprint density at radius 1 is 1.13 bits per heavy atom. The molecular formula is C22H28ClFN2O4. The van der Waals surface area contributed by atoms with E-state index in [1.165, 1.54) is 37.3 Å². The monoisotopic (exact) mass is 438 g/mol. The minimum Gasteiger partial charge on any atom is -0.444 e. The lowest BCUT2D eigenvalue weighted by Gasteiger charge is -2.28. The third-order valence-corrected chi connectivity index (χ3v) is 4.64. The average Bonchev–Trinajstić information content (AvgIpc) is 2.58. The first kappa shape index (κ1) is 24.1. The van der Waals surface area contributed by atoms with Crippen LogP contribution in [0.2, 0.25) is 5.02 Å². The van der Waals surface area contributed by atoms with Crippen molar-refractivity contribution >= 4 is 17.7 Å². The van der Waals surface area contributed by atoms with Gasteiger partial charge >= 0.3 is 6.09 Å². The van der Waals surface area contributed by atoms with Gasteiger partial charge in [0, 0.05) is 11.1 Å². The Kier molecular flexibility index (Phi) is 6.81. The van der Waals surface area contributed by atoms with E-state index in [1.54, 1.807) is 34.6 Å². The van der Waals surface area contributed by atoms with Gasteiger partial charge in [0.25, 0.3) is 0 Å². The summed E-state index contributed by atoms with van der Waals surface area (Å²) in [5.41, 5.74) is -2.30. The summed E-state index contributed by atoms with van der Waals surface area (Å²) in [6.45, 7) is 9.59. The van der Waals surface area contributed by atoms with E-state index in [-0.39, 0.29) is 23.0 Å². The molecule has 8 heteroatoms. The molecule has 0 radical (unpaired) electrons. The normalized spacial score (nSPS) is 14.2. The van der Waals surface area contributed by atoms with Gasteiger partial charge in [0.15, 0.2) is 0 Å². The average molecular weight is 439 g/mol. The van der Waals surface area contributed by atoms with Crippen molar-refractivity contribution in [3.05, 3.63) is 52.4 Å². The van der Waals surface area contributed by atoms with Crippen molar-refractivity contribution in [3.63, 3.8) is 0 Å². The van der Waals surface area contributed by atoms with Gasteiger partial charge in [-0.3, -0.25) is 0 Å². The van der Waals surface area contributed by atoms with E-state index in [9.17, 15) is 19.4 Å². The number of carbonyl (C=O) groups is 1. The molecule has 0 saturated carbocycles. The molecule has 0 saturated heterocycles. The molecule has 0 spiro atoms. The molecule has 3 N–H and O–H groups in total. The SMILES string of the molecule is CC(C)(C)OC(=O)NCC(C)(O)c1cc(C(C)(C)O)c(Cl)c(-c2ccc(F)cc2)n1. The largest absolute Gasteiger partial charge is 0.444 e. The molecule has 2 rings (SSSR count). The van der Waals surface area contributed by atoms with E-state index < -0.39 is 28.7 Å². The lowest BCUT2D eigenvalue weighted by atomic mass is 9.92. The van der Waals surface area contributed by atoms with E-state index in [4.69, 9.17) is 16.3 Å². The molecule has 0 aliphatic rings. The van der Waals surface area contributed by atoms with Crippen molar-refractivity contribution < 1.29 is 24.1 Å². The molecule has 30 heavy (non-hydrogen) atoms. The standard InChI is InChI=1S/C22H28ClFN2O4/c1-20(2,3)30-19(27)25-12-22(6,29)16-11-15(21(4,5)28)17(23)18(26-16)13-7-9-14(24)10-8-13/h7-11,28-29H,12H2,1-6H3,(H,25,27). The summed E-state index contributed by atoms with van der Waals surface area (Å²) in [5.74, 6) is -0.415. The Hall–Kier alpha value is -2.22. The molecule has 164 valence electrons. The molecule has 1 aromatic carbocycles. The summed E-state index contributed by atoms with van der Waals surface area (Å²) >= 11 is 6.50. The van der Waals surface area contributed by atoms with Gasteiger partial charge in [-0.05, 0) is 71.9 Å². The van der Waals surface area contributed by atoms with Crippen LogP contribution in [0, 0.1) is 5.82 Å². The first-order chi connectivity index (χ1) is 13.6. The highest BCUT2D eigenvalue weighted by Gasteiger charge is 2.32. The summed E-state index contributed by atoms with van der Waals surface area (Å²) in [5, 5.41) is 24.3. The van der Waals surface area contributed by atoms with Gasteiger partial charge in [-0.15, -0.1) is 0 Å². The Bertz CT molecular complexity index is 916. The zero-order valence-electron chi connectivity index (χ0n) is 18.0. The Labute approximate surface area is 181 Å². The fraction of sp³-hybridized carbons (Fsp3) is 0.455. The van der Waals surface area contributed by atoms with E-state index in [0.717, 1.165) is 0 Å². The van der Waals surface area contributed by atoms with Crippen molar-refractivity contribution in [1.82, 2.24) is 10.3 Å². The summed E-state index contributed by atoms with van der Waals surface area (Å²) in [6, 6.07) is 7.05. The number of ether oxygens (including phenoxy) is 1. The smallest absolute Gasteiger partial charge is 0.407 e. The number of amides is 1. The molecule has 0 aliphatic heterocycles. The Morgan fingerprint density at radius 2 is 1.70 bits per heavy atom. The highest BCUT2D eigenvalue weighted by molar-refractivity contribution is 6.34. The number of halogens is 2. The van der Waals surface area contributed by atoms with E-state index in [0.29, 0.717) is 11.1 Å². The van der Waals surface area contributed by atoms with Crippen molar-refractivity contribution in [2.45, 2.75) is 58.3 Å². The summed E-state index contributed by atoms with van der Waals surface area (Å²) in [4.78, 5) is 16.4. The predicted octanol–water partition coefficient (Wildman–Crippen LogP) is 4.50. The molecule has 6 nitrogen and oxygen atoms in total.